The average molecular weight is 282 g/mol. The molecule has 1 aromatic carbocycles. The Labute approximate surface area is 115 Å². The molecule has 96 valence electrons. The summed E-state index contributed by atoms with van der Waals surface area (Å²) < 4.78 is 11.0. The molecule has 1 atom stereocenters. The molecule has 1 unspecified atom stereocenters. The molecule has 2 aliphatic rings. The smallest absolute Gasteiger partial charge is 0.176 e. The minimum atomic E-state index is 0.0892. The van der Waals surface area contributed by atoms with Crippen LogP contribution in [-0.2, 0) is 0 Å². The average Bonchev–Trinajstić information content (AvgIpc) is 2.47. The van der Waals surface area contributed by atoms with Crippen LogP contribution in [0.25, 0.3) is 0 Å². The monoisotopic (exact) mass is 282 g/mol. The van der Waals surface area contributed by atoms with Crippen molar-refractivity contribution < 1.29 is 14.3 Å². The molecule has 1 fully saturated rings. The van der Waals surface area contributed by atoms with Gasteiger partial charge >= 0.3 is 0 Å². The lowest BCUT2D eigenvalue weighted by atomic mass is 10.1. The van der Waals surface area contributed by atoms with E-state index in [2.05, 4.69) is 0 Å². The molecule has 2 aliphatic heterocycles. The van der Waals surface area contributed by atoms with E-state index in [1.807, 2.05) is 30.0 Å². The summed E-state index contributed by atoms with van der Waals surface area (Å²) in [4.78, 5) is 12.4. The van der Waals surface area contributed by atoms with Crippen molar-refractivity contribution in [2.45, 2.75) is 5.25 Å². The highest BCUT2D eigenvalue weighted by atomic mass is 32.2. The Morgan fingerprint density at radius 2 is 2.00 bits per heavy atom. The van der Waals surface area contributed by atoms with Crippen LogP contribution in [0.1, 0.15) is 10.4 Å². The van der Waals surface area contributed by atoms with Crippen molar-refractivity contribution in [1.82, 2.24) is 0 Å². The van der Waals surface area contributed by atoms with Gasteiger partial charge in [-0.2, -0.15) is 11.8 Å². The van der Waals surface area contributed by atoms with Gasteiger partial charge in [-0.1, -0.05) is 0 Å². The maximum absolute atomic E-state index is 12.4. The molecule has 2 heterocycles. The van der Waals surface area contributed by atoms with Gasteiger partial charge in [-0.15, -0.1) is 11.8 Å². The summed E-state index contributed by atoms with van der Waals surface area (Å²) in [5.41, 5.74) is 0.735. The maximum Gasteiger partial charge on any atom is 0.176 e. The van der Waals surface area contributed by atoms with Gasteiger partial charge in [0.1, 0.15) is 13.2 Å². The van der Waals surface area contributed by atoms with Gasteiger partial charge in [-0.25, -0.2) is 0 Å². The molecule has 0 amide bonds. The third-order valence-electron chi connectivity index (χ3n) is 2.94. The fraction of sp³-hybridized carbons (Fsp3) is 0.462. The van der Waals surface area contributed by atoms with Crippen molar-refractivity contribution in [3.05, 3.63) is 23.8 Å². The Morgan fingerprint density at radius 1 is 1.17 bits per heavy atom. The number of carbonyl (C=O) groups excluding carboxylic acids is 1. The van der Waals surface area contributed by atoms with Gasteiger partial charge in [0.2, 0.25) is 0 Å². The van der Waals surface area contributed by atoms with E-state index in [0.717, 1.165) is 28.6 Å². The Kier molecular flexibility index (Phi) is 3.70. The molecular formula is C13H14O3S2. The highest BCUT2D eigenvalue weighted by Gasteiger charge is 2.24. The van der Waals surface area contributed by atoms with Crippen molar-refractivity contribution in [3.8, 4) is 11.5 Å². The molecule has 0 bridgehead atoms. The van der Waals surface area contributed by atoms with E-state index in [1.54, 1.807) is 11.8 Å². The highest BCUT2D eigenvalue weighted by molar-refractivity contribution is 8.07. The molecule has 0 saturated carbocycles. The molecule has 5 heteroatoms. The van der Waals surface area contributed by atoms with E-state index in [1.165, 1.54) is 0 Å². The van der Waals surface area contributed by atoms with Crippen molar-refractivity contribution in [1.29, 1.82) is 0 Å². The van der Waals surface area contributed by atoms with Gasteiger partial charge < -0.3 is 9.47 Å². The summed E-state index contributed by atoms with van der Waals surface area (Å²) in [5, 5.41) is 0.0892. The van der Waals surface area contributed by atoms with E-state index in [9.17, 15) is 4.79 Å². The van der Waals surface area contributed by atoms with Crippen LogP contribution >= 0.6 is 23.5 Å². The first-order valence-corrected chi connectivity index (χ1v) is 8.18. The molecule has 3 rings (SSSR count). The zero-order chi connectivity index (χ0) is 12.4. The number of thioether (sulfide) groups is 2. The number of ether oxygens (including phenoxy) is 2. The molecule has 0 radical (unpaired) electrons. The molecule has 1 saturated heterocycles. The minimum Gasteiger partial charge on any atom is -0.486 e. The number of ketones is 1. The topological polar surface area (TPSA) is 35.5 Å². The van der Waals surface area contributed by atoms with Crippen LogP contribution in [0.4, 0.5) is 0 Å². The van der Waals surface area contributed by atoms with E-state index in [-0.39, 0.29) is 11.0 Å². The van der Waals surface area contributed by atoms with Gasteiger partial charge in [0, 0.05) is 22.8 Å². The largest absolute Gasteiger partial charge is 0.486 e. The fourth-order valence-corrected chi connectivity index (χ4v) is 4.66. The molecule has 0 N–H and O–H groups in total. The second-order valence-corrected chi connectivity index (χ2v) is 6.62. The number of benzene rings is 1. The number of carbonyl (C=O) groups is 1. The molecule has 18 heavy (non-hydrogen) atoms. The van der Waals surface area contributed by atoms with Crippen LogP contribution in [0.15, 0.2) is 18.2 Å². The number of Topliss-reactive ketones (excluding diaryl/α,β-unsaturated/α-hetero) is 1. The summed E-state index contributed by atoms with van der Waals surface area (Å²) in [5.74, 6) is 4.77. The summed E-state index contributed by atoms with van der Waals surface area (Å²) in [6.45, 7) is 1.13. The van der Waals surface area contributed by atoms with Crippen LogP contribution in [0.5, 0.6) is 11.5 Å². The van der Waals surface area contributed by atoms with E-state index in [0.29, 0.717) is 19.0 Å². The SMILES string of the molecule is O=C(c1ccc2c(c1)OCCO2)C1CSCCS1. The van der Waals surface area contributed by atoms with Gasteiger partial charge in [0.15, 0.2) is 17.3 Å². The van der Waals surface area contributed by atoms with Crippen LogP contribution in [0.2, 0.25) is 0 Å². The maximum atomic E-state index is 12.4. The highest BCUT2D eigenvalue weighted by Crippen LogP contribution is 2.33. The lowest BCUT2D eigenvalue weighted by Gasteiger charge is -2.21. The van der Waals surface area contributed by atoms with Gasteiger partial charge in [0.05, 0.1) is 5.25 Å². The predicted octanol–water partition coefficient (Wildman–Crippen LogP) is 2.49. The number of fused-ring (bicyclic) bond motifs is 1. The Hall–Kier alpha value is -0.810. The first-order chi connectivity index (χ1) is 8.84. The molecule has 0 aromatic heterocycles. The second-order valence-electron chi connectivity index (χ2n) is 4.16. The van der Waals surface area contributed by atoms with Crippen LogP contribution in [-0.4, -0.2) is 41.5 Å². The zero-order valence-corrected chi connectivity index (χ0v) is 11.5. The first kappa shape index (κ1) is 12.2. The Morgan fingerprint density at radius 3 is 2.78 bits per heavy atom. The van der Waals surface area contributed by atoms with Gasteiger partial charge in [-0.05, 0) is 18.2 Å². The quantitative estimate of drug-likeness (QED) is 0.779. The van der Waals surface area contributed by atoms with Gasteiger partial charge in [0.25, 0.3) is 0 Å². The first-order valence-electron chi connectivity index (χ1n) is 5.98. The van der Waals surface area contributed by atoms with E-state index >= 15 is 0 Å². The Balaban J connectivity index is 1.80. The molecule has 0 aliphatic carbocycles. The van der Waals surface area contributed by atoms with E-state index < -0.39 is 0 Å². The molecular weight excluding hydrogens is 268 g/mol. The van der Waals surface area contributed by atoms with Crippen LogP contribution in [0.3, 0.4) is 0 Å². The summed E-state index contributed by atoms with van der Waals surface area (Å²) >= 11 is 3.62. The molecule has 1 aromatic rings. The second kappa shape index (κ2) is 5.45. The standard InChI is InChI=1S/C13H14O3S2/c14-13(12-8-17-5-6-18-12)9-1-2-10-11(7-9)16-4-3-15-10/h1-2,7,12H,3-6,8H2. The normalized spacial score (nSPS) is 22.6. The van der Waals surface area contributed by atoms with Crippen LogP contribution in [0, 0.1) is 0 Å². The van der Waals surface area contributed by atoms with Crippen molar-refractivity contribution in [3.63, 3.8) is 0 Å². The fourth-order valence-electron chi connectivity index (χ4n) is 2.02. The van der Waals surface area contributed by atoms with Crippen LogP contribution < -0.4 is 9.47 Å². The summed E-state index contributed by atoms with van der Waals surface area (Å²) in [6, 6.07) is 5.49. The van der Waals surface area contributed by atoms with Gasteiger partial charge in [-0.3, -0.25) is 4.79 Å². The molecule has 0 spiro atoms. The zero-order valence-electron chi connectivity index (χ0n) is 9.89. The predicted molar refractivity (Wildman–Crippen MR) is 75.3 cm³/mol. The Bertz CT molecular complexity index is 456. The van der Waals surface area contributed by atoms with Crippen molar-refractivity contribution in [2.24, 2.45) is 0 Å². The number of hydrogen-bond donors (Lipinski definition) is 0. The lowest BCUT2D eigenvalue weighted by Crippen LogP contribution is -2.24. The molecule has 3 nitrogen and oxygen atoms in total. The number of rotatable bonds is 2. The van der Waals surface area contributed by atoms with Crippen molar-refractivity contribution >= 4 is 29.3 Å². The summed E-state index contributed by atoms with van der Waals surface area (Å²) in [7, 11) is 0. The number of hydrogen-bond acceptors (Lipinski definition) is 5. The third kappa shape index (κ3) is 2.47. The third-order valence-corrected chi connectivity index (χ3v) is 5.69. The lowest BCUT2D eigenvalue weighted by molar-refractivity contribution is 0.0994. The van der Waals surface area contributed by atoms with E-state index in [4.69, 9.17) is 9.47 Å². The minimum absolute atomic E-state index is 0.0892. The van der Waals surface area contributed by atoms with Crippen molar-refractivity contribution in [2.75, 3.05) is 30.5 Å². The summed E-state index contributed by atoms with van der Waals surface area (Å²) in [6.07, 6.45) is 0.